The predicted molar refractivity (Wildman–Crippen MR) is 93.0 cm³/mol. The maximum Gasteiger partial charge on any atom is 0.104 e. The number of nitrogens with one attached hydrogen (secondary N) is 1. The third-order valence-electron chi connectivity index (χ3n) is 3.56. The van der Waals surface area contributed by atoms with Gasteiger partial charge in [-0.05, 0) is 23.3 Å². The van der Waals surface area contributed by atoms with E-state index in [2.05, 4.69) is 9.97 Å². The zero-order valence-electron chi connectivity index (χ0n) is 12.6. The van der Waals surface area contributed by atoms with Crippen LogP contribution in [0.5, 0.6) is 0 Å². The Kier molecular flexibility index (Phi) is 4.82. The molecular formula is C20H18N2O. The normalized spacial score (nSPS) is 10.3. The molecule has 1 aromatic heterocycles. The molecule has 0 bridgehead atoms. The molecule has 0 unspecified atom stereocenters. The zero-order chi connectivity index (χ0) is 15.9. The lowest BCUT2D eigenvalue weighted by atomic mass is 10.0. The fourth-order valence-corrected chi connectivity index (χ4v) is 2.34. The second-order valence-electron chi connectivity index (χ2n) is 5.14. The van der Waals surface area contributed by atoms with Crippen molar-refractivity contribution in [3.8, 4) is 0 Å². The molecule has 0 saturated carbocycles. The van der Waals surface area contributed by atoms with Crippen molar-refractivity contribution in [2.75, 3.05) is 0 Å². The van der Waals surface area contributed by atoms with Crippen molar-refractivity contribution in [3.63, 3.8) is 0 Å². The van der Waals surface area contributed by atoms with Gasteiger partial charge in [-0.3, -0.25) is 0 Å². The molecule has 0 saturated heterocycles. The van der Waals surface area contributed by atoms with E-state index in [9.17, 15) is 5.11 Å². The number of hydrogen-bond acceptors (Lipinski definition) is 2. The summed E-state index contributed by atoms with van der Waals surface area (Å²) in [6.45, 7) is 0. The van der Waals surface area contributed by atoms with Crippen LogP contribution in [0, 0.1) is 0 Å². The molecule has 0 fully saturated rings. The van der Waals surface area contributed by atoms with E-state index in [1.807, 2.05) is 84.9 Å². The molecular weight excluding hydrogens is 284 g/mol. The van der Waals surface area contributed by atoms with Crippen LogP contribution in [0.15, 0.2) is 91.3 Å². The van der Waals surface area contributed by atoms with Crippen LogP contribution in [0.25, 0.3) is 11.0 Å². The van der Waals surface area contributed by atoms with E-state index in [0.29, 0.717) is 0 Å². The number of para-hydroxylation sites is 2. The van der Waals surface area contributed by atoms with E-state index in [0.717, 1.165) is 22.2 Å². The summed E-state index contributed by atoms with van der Waals surface area (Å²) in [4.78, 5) is 7.07. The fourth-order valence-electron chi connectivity index (χ4n) is 2.34. The highest BCUT2D eigenvalue weighted by molar-refractivity contribution is 5.73. The molecule has 1 heterocycles. The summed E-state index contributed by atoms with van der Waals surface area (Å²) in [6, 6.07) is 27.3. The molecule has 0 aliphatic rings. The molecule has 4 rings (SSSR count). The van der Waals surface area contributed by atoms with Crippen molar-refractivity contribution in [2.45, 2.75) is 6.10 Å². The van der Waals surface area contributed by atoms with Gasteiger partial charge in [-0.2, -0.15) is 0 Å². The van der Waals surface area contributed by atoms with Crippen LogP contribution >= 0.6 is 0 Å². The molecule has 23 heavy (non-hydrogen) atoms. The largest absolute Gasteiger partial charge is 0.384 e. The minimum Gasteiger partial charge on any atom is -0.384 e. The van der Waals surface area contributed by atoms with E-state index in [1.54, 1.807) is 6.33 Å². The van der Waals surface area contributed by atoms with E-state index in [1.165, 1.54) is 0 Å². The van der Waals surface area contributed by atoms with Crippen LogP contribution in [0.4, 0.5) is 0 Å². The van der Waals surface area contributed by atoms with Gasteiger partial charge in [0.25, 0.3) is 0 Å². The summed E-state index contributed by atoms with van der Waals surface area (Å²) in [5, 5.41) is 9.99. The average Bonchev–Trinajstić information content (AvgIpc) is 3.12. The number of fused-ring (bicyclic) bond motifs is 1. The Morgan fingerprint density at radius 3 is 1.78 bits per heavy atom. The Labute approximate surface area is 135 Å². The third kappa shape index (κ3) is 3.84. The monoisotopic (exact) mass is 302 g/mol. The summed E-state index contributed by atoms with van der Waals surface area (Å²) < 4.78 is 0. The minimum atomic E-state index is -0.516. The second kappa shape index (κ2) is 7.38. The van der Waals surface area contributed by atoms with Gasteiger partial charge in [0, 0.05) is 0 Å². The number of rotatable bonds is 2. The smallest absolute Gasteiger partial charge is 0.104 e. The number of benzene rings is 3. The van der Waals surface area contributed by atoms with Crippen LogP contribution in [0.2, 0.25) is 0 Å². The van der Waals surface area contributed by atoms with Crippen LogP contribution in [0.3, 0.4) is 0 Å². The molecule has 3 aromatic carbocycles. The van der Waals surface area contributed by atoms with Crippen LogP contribution < -0.4 is 0 Å². The first-order valence-corrected chi connectivity index (χ1v) is 7.50. The Bertz CT molecular complexity index is 771. The maximum absolute atomic E-state index is 9.99. The highest BCUT2D eigenvalue weighted by atomic mass is 16.3. The Balaban J connectivity index is 0.000000149. The lowest BCUT2D eigenvalue weighted by molar-refractivity contribution is 0.220. The standard InChI is InChI=1S/C13H12O.C7H6N2/c14-13(11-7-3-1-4-8-11)12-9-5-2-6-10-12;1-2-4-7-6(3-1)8-5-9-7/h1-10,13-14H;1-5H,(H,8,9). The number of H-pyrrole nitrogens is 1. The lowest BCUT2D eigenvalue weighted by Crippen LogP contribution is -1.98. The number of imidazole rings is 1. The molecule has 0 amide bonds. The van der Waals surface area contributed by atoms with Crippen LogP contribution in [0.1, 0.15) is 17.2 Å². The van der Waals surface area contributed by atoms with E-state index < -0.39 is 6.10 Å². The molecule has 2 N–H and O–H groups in total. The Hall–Kier alpha value is -2.91. The zero-order valence-corrected chi connectivity index (χ0v) is 12.6. The summed E-state index contributed by atoms with van der Waals surface area (Å²) in [5.74, 6) is 0. The van der Waals surface area contributed by atoms with Gasteiger partial charge in [0.05, 0.1) is 17.4 Å². The molecule has 0 radical (unpaired) electrons. The van der Waals surface area contributed by atoms with E-state index >= 15 is 0 Å². The van der Waals surface area contributed by atoms with Gasteiger partial charge in [0.15, 0.2) is 0 Å². The van der Waals surface area contributed by atoms with Crippen molar-refractivity contribution < 1.29 is 5.11 Å². The lowest BCUT2D eigenvalue weighted by Gasteiger charge is -2.10. The molecule has 0 atom stereocenters. The highest BCUT2D eigenvalue weighted by Crippen LogP contribution is 2.20. The van der Waals surface area contributed by atoms with Gasteiger partial charge in [-0.15, -0.1) is 0 Å². The molecule has 0 spiro atoms. The number of hydrogen-bond donors (Lipinski definition) is 2. The van der Waals surface area contributed by atoms with E-state index in [-0.39, 0.29) is 0 Å². The van der Waals surface area contributed by atoms with Crippen LogP contribution in [-0.2, 0) is 0 Å². The molecule has 114 valence electrons. The summed E-state index contributed by atoms with van der Waals surface area (Å²) in [6.07, 6.45) is 1.18. The minimum absolute atomic E-state index is 0.516. The van der Waals surface area contributed by atoms with Crippen molar-refractivity contribution in [3.05, 3.63) is 102 Å². The van der Waals surface area contributed by atoms with Crippen molar-refractivity contribution in [1.82, 2.24) is 9.97 Å². The van der Waals surface area contributed by atoms with Crippen molar-refractivity contribution >= 4 is 11.0 Å². The van der Waals surface area contributed by atoms with Gasteiger partial charge in [-0.25, -0.2) is 4.98 Å². The number of aromatic amines is 1. The Morgan fingerprint density at radius 2 is 1.22 bits per heavy atom. The van der Waals surface area contributed by atoms with Crippen molar-refractivity contribution in [1.29, 1.82) is 0 Å². The SMILES string of the molecule is OC(c1ccccc1)c1ccccc1.c1ccc2[nH]cnc2c1. The van der Waals surface area contributed by atoms with Gasteiger partial charge in [0.2, 0.25) is 0 Å². The van der Waals surface area contributed by atoms with Crippen LogP contribution in [-0.4, -0.2) is 15.1 Å². The number of aliphatic hydroxyl groups is 1. The highest BCUT2D eigenvalue weighted by Gasteiger charge is 2.07. The number of aliphatic hydroxyl groups excluding tert-OH is 1. The molecule has 0 aliphatic carbocycles. The van der Waals surface area contributed by atoms with Gasteiger partial charge >= 0.3 is 0 Å². The van der Waals surface area contributed by atoms with Gasteiger partial charge in [0.1, 0.15) is 6.10 Å². The number of nitrogens with zero attached hydrogens (tertiary/aromatic N) is 1. The third-order valence-corrected chi connectivity index (χ3v) is 3.56. The predicted octanol–water partition coefficient (Wildman–Crippen LogP) is 4.33. The summed E-state index contributed by atoms with van der Waals surface area (Å²) in [5.41, 5.74) is 3.98. The first-order chi connectivity index (χ1) is 11.3. The molecule has 4 aromatic rings. The maximum atomic E-state index is 9.99. The molecule has 3 heteroatoms. The summed E-state index contributed by atoms with van der Waals surface area (Å²) in [7, 11) is 0. The molecule has 0 aliphatic heterocycles. The second-order valence-corrected chi connectivity index (χ2v) is 5.14. The quantitative estimate of drug-likeness (QED) is 0.579. The van der Waals surface area contributed by atoms with Gasteiger partial charge in [-0.1, -0.05) is 72.8 Å². The molecule has 3 nitrogen and oxygen atoms in total. The van der Waals surface area contributed by atoms with Crippen molar-refractivity contribution in [2.24, 2.45) is 0 Å². The topological polar surface area (TPSA) is 48.9 Å². The van der Waals surface area contributed by atoms with Gasteiger partial charge < -0.3 is 10.1 Å². The first-order valence-electron chi connectivity index (χ1n) is 7.50. The van der Waals surface area contributed by atoms with E-state index in [4.69, 9.17) is 0 Å². The Morgan fingerprint density at radius 1 is 0.696 bits per heavy atom. The number of aromatic nitrogens is 2. The summed E-state index contributed by atoms with van der Waals surface area (Å²) >= 11 is 0. The first kappa shape index (κ1) is 15.0. The fraction of sp³-hybridized carbons (Fsp3) is 0.0500. The average molecular weight is 302 g/mol.